The molecule has 0 bridgehead atoms. The molecule has 0 unspecified atom stereocenters. The van der Waals surface area contributed by atoms with Crippen LogP contribution in [0.15, 0.2) is 41.6 Å². The zero-order chi connectivity index (χ0) is 17.7. The Bertz CT molecular complexity index is 791. The highest BCUT2D eigenvalue weighted by Gasteiger charge is 2.07. The molecule has 0 atom stereocenters. The predicted molar refractivity (Wildman–Crippen MR) is 87.6 cm³/mol. The highest BCUT2D eigenvalue weighted by molar-refractivity contribution is 5.97. The highest BCUT2D eigenvalue weighted by Crippen LogP contribution is 2.14. The number of anilines is 1. The minimum atomic E-state index is -1.04. The van der Waals surface area contributed by atoms with E-state index in [0.29, 0.717) is 5.69 Å². The van der Waals surface area contributed by atoms with Gasteiger partial charge in [0, 0.05) is 11.3 Å². The fourth-order valence-electron chi connectivity index (χ4n) is 1.88. The minimum absolute atomic E-state index is 0.156. The molecule has 7 heteroatoms. The van der Waals surface area contributed by atoms with E-state index in [2.05, 4.69) is 10.5 Å². The molecule has 5 nitrogen and oxygen atoms in total. The van der Waals surface area contributed by atoms with Crippen LogP contribution in [0.25, 0.3) is 0 Å². The van der Waals surface area contributed by atoms with E-state index in [4.69, 9.17) is 10.6 Å². The summed E-state index contributed by atoms with van der Waals surface area (Å²) in [6.07, 6.45) is 0. The van der Waals surface area contributed by atoms with Gasteiger partial charge in [0.1, 0.15) is 0 Å². The number of nitrogens with one attached hydrogen (secondary N) is 1. The second kappa shape index (κ2) is 7.54. The van der Waals surface area contributed by atoms with Crippen LogP contribution in [0.4, 0.5) is 14.5 Å². The monoisotopic (exact) mass is 333 g/mol. The first kappa shape index (κ1) is 17.4. The number of nitrogens with zero attached hydrogens (tertiary/aromatic N) is 1. The van der Waals surface area contributed by atoms with Crippen molar-refractivity contribution in [2.24, 2.45) is 10.9 Å². The van der Waals surface area contributed by atoms with E-state index in [0.717, 1.165) is 23.3 Å². The van der Waals surface area contributed by atoms with E-state index in [9.17, 15) is 13.6 Å². The topological polar surface area (TPSA) is 76.7 Å². The third kappa shape index (κ3) is 4.52. The molecule has 0 radical (unpaired) electrons. The van der Waals surface area contributed by atoms with Crippen molar-refractivity contribution >= 4 is 17.4 Å². The molecule has 3 N–H and O–H groups in total. The normalized spacial score (nSPS) is 11.2. The first-order valence-electron chi connectivity index (χ1n) is 7.15. The summed E-state index contributed by atoms with van der Waals surface area (Å²) in [6, 6.07) is 8.60. The lowest BCUT2D eigenvalue weighted by Crippen LogP contribution is -2.19. The van der Waals surface area contributed by atoms with Crippen LogP contribution >= 0.6 is 0 Å². The molecule has 0 fully saturated rings. The molecular weight excluding hydrogens is 316 g/mol. The zero-order valence-electron chi connectivity index (χ0n) is 13.3. The molecule has 0 heterocycles. The van der Waals surface area contributed by atoms with Crippen LogP contribution in [0.5, 0.6) is 0 Å². The SMILES string of the molecule is Cc1ccc(NC(=O)CON=C(N)c2ccc(F)c(F)c2)cc1C. The van der Waals surface area contributed by atoms with Crippen molar-refractivity contribution in [2.45, 2.75) is 13.8 Å². The van der Waals surface area contributed by atoms with Gasteiger partial charge in [-0.3, -0.25) is 4.79 Å². The number of halogens is 2. The largest absolute Gasteiger partial charge is 0.384 e. The molecule has 2 rings (SSSR count). The lowest BCUT2D eigenvalue weighted by atomic mass is 10.1. The molecule has 1 amide bonds. The summed E-state index contributed by atoms with van der Waals surface area (Å²) < 4.78 is 25.9. The van der Waals surface area contributed by atoms with E-state index in [-0.39, 0.29) is 18.0 Å². The zero-order valence-corrected chi connectivity index (χ0v) is 13.3. The van der Waals surface area contributed by atoms with Gasteiger partial charge >= 0.3 is 0 Å². The Kier molecular flexibility index (Phi) is 5.47. The van der Waals surface area contributed by atoms with E-state index >= 15 is 0 Å². The molecule has 2 aromatic rings. The number of oxime groups is 1. The average Bonchev–Trinajstić information content (AvgIpc) is 2.53. The fourth-order valence-corrected chi connectivity index (χ4v) is 1.88. The Labute approximate surface area is 138 Å². The Morgan fingerprint density at radius 3 is 2.54 bits per heavy atom. The van der Waals surface area contributed by atoms with Crippen LogP contribution in [0.2, 0.25) is 0 Å². The van der Waals surface area contributed by atoms with Crippen LogP contribution in [0.3, 0.4) is 0 Å². The minimum Gasteiger partial charge on any atom is -0.384 e. The molecular formula is C17H17F2N3O2. The number of hydrogen-bond acceptors (Lipinski definition) is 3. The number of amides is 1. The second-order valence-corrected chi connectivity index (χ2v) is 5.23. The molecule has 126 valence electrons. The lowest BCUT2D eigenvalue weighted by Gasteiger charge is -2.07. The Morgan fingerprint density at radius 2 is 1.88 bits per heavy atom. The Balaban J connectivity index is 1.91. The van der Waals surface area contributed by atoms with Gasteiger partial charge in [-0.1, -0.05) is 11.2 Å². The molecule has 0 saturated carbocycles. The third-order valence-electron chi connectivity index (χ3n) is 3.36. The summed E-state index contributed by atoms with van der Waals surface area (Å²) >= 11 is 0. The third-order valence-corrected chi connectivity index (χ3v) is 3.36. The molecule has 0 spiro atoms. The molecule has 0 saturated heterocycles. The maximum atomic E-state index is 13.1. The van der Waals surface area contributed by atoms with E-state index < -0.39 is 17.5 Å². The number of benzene rings is 2. The summed E-state index contributed by atoms with van der Waals surface area (Å²) in [7, 11) is 0. The molecule has 0 aliphatic heterocycles. The fraction of sp³-hybridized carbons (Fsp3) is 0.176. The smallest absolute Gasteiger partial charge is 0.265 e. The second-order valence-electron chi connectivity index (χ2n) is 5.23. The van der Waals surface area contributed by atoms with Gasteiger partial charge in [-0.25, -0.2) is 8.78 Å². The lowest BCUT2D eigenvalue weighted by molar-refractivity contribution is -0.120. The van der Waals surface area contributed by atoms with E-state index in [1.165, 1.54) is 6.07 Å². The maximum Gasteiger partial charge on any atom is 0.265 e. The summed E-state index contributed by atoms with van der Waals surface area (Å²) in [5, 5.41) is 6.18. The van der Waals surface area contributed by atoms with Crippen molar-refractivity contribution in [3.8, 4) is 0 Å². The van der Waals surface area contributed by atoms with Crippen LogP contribution < -0.4 is 11.1 Å². The molecule has 0 aromatic heterocycles. The Morgan fingerprint density at radius 1 is 1.12 bits per heavy atom. The standard InChI is InChI=1S/C17H17F2N3O2/c1-10-3-5-13(7-11(10)2)21-16(23)9-24-22-17(20)12-4-6-14(18)15(19)8-12/h3-8H,9H2,1-2H3,(H2,20,22)(H,21,23). The van der Waals surface area contributed by atoms with Gasteiger partial charge in [-0.15, -0.1) is 0 Å². The van der Waals surface area contributed by atoms with Gasteiger partial charge in [0.2, 0.25) is 0 Å². The number of nitrogens with two attached hydrogens (primary N) is 1. The number of aryl methyl sites for hydroxylation is 2. The first-order chi connectivity index (χ1) is 11.4. The number of carbonyl (C=O) groups excluding carboxylic acids is 1. The number of amidine groups is 1. The number of rotatable bonds is 5. The number of carbonyl (C=O) groups is 1. The summed E-state index contributed by atoms with van der Waals surface area (Å²) in [6.45, 7) is 3.55. The first-order valence-corrected chi connectivity index (χ1v) is 7.15. The van der Waals surface area contributed by atoms with Crippen molar-refractivity contribution in [1.82, 2.24) is 0 Å². The van der Waals surface area contributed by atoms with Gasteiger partial charge in [0.25, 0.3) is 5.91 Å². The van der Waals surface area contributed by atoms with Crippen molar-refractivity contribution in [3.63, 3.8) is 0 Å². The van der Waals surface area contributed by atoms with Gasteiger partial charge in [0.15, 0.2) is 24.1 Å². The molecule has 2 aromatic carbocycles. The van der Waals surface area contributed by atoms with Crippen LogP contribution in [-0.4, -0.2) is 18.3 Å². The summed E-state index contributed by atoms with van der Waals surface area (Å²) in [5.41, 5.74) is 8.56. The van der Waals surface area contributed by atoms with Crippen LogP contribution in [0.1, 0.15) is 16.7 Å². The van der Waals surface area contributed by atoms with Crippen LogP contribution in [0, 0.1) is 25.5 Å². The predicted octanol–water partition coefficient (Wildman–Crippen LogP) is 2.86. The highest BCUT2D eigenvalue weighted by atomic mass is 19.2. The molecule has 0 aliphatic carbocycles. The van der Waals surface area contributed by atoms with Gasteiger partial charge in [-0.2, -0.15) is 0 Å². The maximum absolute atomic E-state index is 13.1. The Hall–Kier alpha value is -2.96. The average molecular weight is 333 g/mol. The van der Waals surface area contributed by atoms with Crippen molar-refractivity contribution in [1.29, 1.82) is 0 Å². The quantitative estimate of drug-likeness (QED) is 0.502. The van der Waals surface area contributed by atoms with Crippen molar-refractivity contribution in [3.05, 3.63) is 64.7 Å². The van der Waals surface area contributed by atoms with Gasteiger partial charge in [0.05, 0.1) is 0 Å². The van der Waals surface area contributed by atoms with E-state index in [1.807, 2.05) is 26.0 Å². The van der Waals surface area contributed by atoms with Crippen molar-refractivity contribution in [2.75, 3.05) is 11.9 Å². The summed E-state index contributed by atoms with van der Waals surface area (Å²) in [5.74, 6) is -2.61. The molecule has 0 aliphatic rings. The van der Waals surface area contributed by atoms with Gasteiger partial charge < -0.3 is 15.9 Å². The van der Waals surface area contributed by atoms with Gasteiger partial charge in [-0.05, 0) is 55.3 Å². The van der Waals surface area contributed by atoms with Crippen LogP contribution in [-0.2, 0) is 9.63 Å². The van der Waals surface area contributed by atoms with E-state index in [1.54, 1.807) is 6.07 Å². The summed E-state index contributed by atoms with van der Waals surface area (Å²) in [4.78, 5) is 16.6. The molecule has 24 heavy (non-hydrogen) atoms. The van der Waals surface area contributed by atoms with Crippen molar-refractivity contribution < 1.29 is 18.4 Å². The number of hydrogen-bond donors (Lipinski definition) is 2.